The molecule has 2 N–H and O–H groups in total. The van der Waals surface area contributed by atoms with Gasteiger partial charge >= 0.3 is 0 Å². The molecule has 1 rings (SSSR count). The van der Waals surface area contributed by atoms with Crippen LogP contribution in [0.1, 0.15) is 5.56 Å². The van der Waals surface area contributed by atoms with E-state index >= 15 is 0 Å². The van der Waals surface area contributed by atoms with Crippen molar-refractivity contribution in [2.45, 2.75) is 19.4 Å². The lowest BCUT2D eigenvalue weighted by Gasteiger charge is -1.97. The maximum Gasteiger partial charge on any atom is 0.257 e. The minimum Gasteiger partial charge on any atom is -0.330 e. The van der Waals surface area contributed by atoms with E-state index in [2.05, 4.69) is 5.10 Å². The molecule has 0 saturated heterocycles. The fraction of sp³-hybridized carbons (Fsp3) is 0.571. The molecular weight excluding hydrogens is 164 g/mol. The van der Waals surface area contributed by atoms with Crippen molar-refractivity contribution in [2.75, 3.05) is 6.54 Å². The summed E-state index contributed by atoms with van der Waals surface area (Å²) in [5.74, 6) is 0. The quantitative estimate of drug-likeness (QED) is 0.730. The number of rotatable bonds is 4. The number of alkyl halides is 2. The second-order valence-corrected chi connectivity index (χ2v) is 2.50. The normalized spacial score (nSPS) is 11.0. The lowest BCUT2D eigenvalue weighted by Crippen LogP contribution is -2.06. The lowest BCUT2D eigenvalue weighted by molar-refractivity contribution is 0.122. The number of nitrogens with two attached hydrogens (primary N) is 1. The molecule has 0 fully saturated rings. The van der Waals surface area contributed by atoms with E-state index < -0.39 is 6.43 Å². The number of nitrogens with zero attached hydrogens (tertiary/aromatic N) is 2. The van der Waals surface area contributed by atoms with Crippen molar-refractivity contribution in [1.82, 2.24) is 9.78 Å². The Hall–Kier alpha value is -0.970. The van der Waals surface area contributed by atoms with Crippen molar-refractivity contribution in [1.29, 1.82) is 0 Å². The number of hydrogen-bond donors (Lipinski definition) is 1. The standard InChI is InChI=1S/C7H11F2N3/c8-7(9)5-12-4-6(1-2-10)3-11-12/h3-4,7H,1-2,5,10H2. The van der Waals surface area contributed by atoms with Gasteiger partial charge in [-0.25, -0.2) is 8.78 Å². The van der Waals surface area contributed by atoms with Gasteiger partial charge in [0.15, 0.2) is 0 Å². The summed E-state index contributed by atoms with van der Waals surface area (Å²) >= 11 is 0. The Morgan fingerprint density at radius 2 is 2.33 bits per heavy atom. The van der Waals surface area contributed by atoms with Gasteiger partial charge in [0.1, 0.15) is 6.54 Å². The first-order chi connectivity index (χ1) is 5.72. The highest BCUT2D eigenvalue weighted by Crippen LogP contribution is 2.01. The van der Waals surface area contributed by atoms with Crippen molar-refractivity contribution in [3.8, 4) is 0 Å². The van der Waals surface area contributed by atoms with Gasteiger partial charge in [0.05, 0.1) is 6.20 Å². The second kappa shape index (κ2) is 4.15. The highest BCUT2D eigenvalue weighted by atomic mass is 19.3. The maximum atomic E-state index is 11.8. The fourth-order valence-electron chi connectivity index (χ4n) is 0.943. The summed E-state index contributed by atoms with van der Waals surface area (Å²) in [7, 11) is 0. The van der Waals surface area contributed by atoms with Crippen LogP contribution in [0.3, 0.4) is 0 Å². The smallest absolute Gasteiger partial charge is 0.257 e. The molecule has 0 bridgehead atoms. The minimum atomic E-state index is -2.35. The van der Waals surface area contributed by atoms with Crippen LogP contribution in [0.15, 0.2) is 12.4 Å². The summed E-state index contributed by atoms with van der Waals surface area (Å²) in [5, 5.41) is 3.76. The molecule has 0 atom stereocenters. The molecule has 5 heteroatoms. The van der Waals surface area contributed by atoms with Crippen LogP contribution in [0.5, 0.6) is 0 Å². The molecule has 0 aliphatic carbocycles. The molecule has 0 amide bonds. The van der Waals surface area contributed by atoms with Crippen LogP contribution < -0.4 is 5.73 Å². The Balaban J connectivity index is 2.52. The van der Waals surface area contributed by atoms with Crippen LogP contribution in [0.4, 0.5) is 8.78 Å². The predicted molar refractivity (Wildman–Crippen MR) is 41.0 cm³/mol. The molecule has 12 heavy (non-hydrogen) atoms. The first kappa shape index (κ1) is 9.12. The average molecular weight is 175 g/mol. The fourth-order valence-corrected chi connectivity index (χ4v) is 0.943. The zero-order chi connectivity index (χ0) is 8.97. The van der Waals surface area contributed by atoms with Gasteiger partial charge in [0.2, 0.25) is 0 Å². The van der Waals surface area contributed by atoms with Gasteiger partial charge < -0.3 is 5.73 Å². The van der Waals surface area contributed by atoms with Crippen LogP contribution in [0, 0.1) is 0 Å². The number of halogens is 2. The summed E-state index contributed by atoms with van der Waals surface area (Å²) < 4.78 is 24.9. The molecule has 0 unspecified atom stereocenters. The van der Waals surface area contributed by atoms with E-state index in [1.165, 1.54) is 4.68 Å². The van der Waals surface area contributed by atoms with E-state index in [9.17, 15) is 8.78 Å². The number of hydrogen-bond acceptors (Lipinski definition) is 2. The summed E-state index contributed by atoms with van der Waals surface area (Å²) in [6.07, 6.45) is 1.49. The molecule has 1 aromatic heterocycles. The van der Waals surface area contributed by atoms with Crippen molar-refractivity contribution in [3.63, 3.8) is 0 Å². The van der Waals surface area contributed by atoms with E-state index in [-0.39, 0.29) is 6.54 Å². The molecule has 3 nitrogen and oxygen atoms in total. The van der Waals surface area contributed by atoms with E-state index in [0.717, 1.165) is 5.56 Å². The predicted octanol–water partition coefficient (Wildman–Crippen LogP) is 0.649. The summed E-state index contributed by atoms with van der Waals surface area (Å²) in [6.45, 7) is 0.172. The zero-order valence-corrected chi connectivity index (χ0v) is 6.58. The van der Waals surface area contributed by atoms with Gasteiger partial charge in [-0.15, -0.1) is 0 Å². The van der Waals surface area contributed by atoms with Crippen LogP contribution in [0.2, 0.25) is 0 Å². The van der Waals surface area contributed by atoms with Crippen LogP contribution >= 0.6 is 0 Å². The van der Waals surface area contributed by atoms with Gasteiger partial charge in [0, 0.05) is 6.20 Å². The summed E-state index contributed by atoms with van der Waals surface area (Å²) in [4.78, 5) is 0. The largest absolute Gasteiger partial charge is 0.330 e. The third-order valence-electron chi connectivity index (χ3n) is 1.44. The molecule has 0 radical (unpaired) electrons. The van der Waals surface area contributed by atoms with Crippen LogP contribution in [-0.2, 0) is 13.0 Å². The molecule has 0 aliphatic heterocycles. The van der Waals surface area contributed by atoms with Crippen molar-refractivity contribution in [3.05, 3.63) is 18.0 Å². The molecule has 0 aromatic carbocycles. The SMILES string of the molecule is NCCc1cnn(CC(F)F)c1. The van der Waals surface area contributed by atoms with Gasteiger partial charge in [-0.05, 0) is 18.5 Å². The Morgan fingerprint density at radius 3 is 2.92 bits per heavy atom. The Labute approximate surface area is 69.2 Å². The first-order valence-electron chi connectivity index (χ1n) is 3.72. The van der Waals surface area contributed by atoms with E-state index in [4.69, 9.17) is 5.73 Å². The molecule has 0 spiro atoms. The summed E-state index contributed by atoms with van der Waals surface area (Å²) in [6, 6.07) is 0. The molecule has 0 aliphatic rings. The highest BCUT2D eigenvalue weighted by Gasteiger charge is 2.04. The van der Waals surface area contributed by atoms with Gasteiger partial charge in [-0.1, -0.05) is 0 Å². The molecule has 0 saturated carbocycles. The van der Waals surface area contributed by atoms with E-state index in [1.54, 1.807) is 12.4 Å². The maximum absolute atomic E-state index is 11.8. The van der Waals surface area contributed by atoms with Crippen molar-refractivity contribution < 1.29 is 8.78 Å². The van der Waals surface area contributed by atoms with Crippen molar-refractivity contribution >= 4 is 0 Å². The van der Waals surface area contributed by atoms with Gasteiger partial charge in [0.25, 0.3) is 6.43 Å². The van der Waals surface area contributed by atoms with Gasteiger partial charge in [-0.2, -0.15) is 5.10 Å². The average Bonchev–Trinajstić information content (AvgIpc) is 2.36. The molecule has 1 heterocycles. The first-order valence-corrected chi connectivity index (χ1v) is 3.72. The molecule has 68 valence electrons. The number of aromatic nitrogens is 2. The van der Waals surface area contributed by atoms with Crippen LogP contribution in [-0.4, -0.2) is 22.8 Å². The van der Waals surface area contributed by atoms with Crippen LogP contribution in [0.25, 0.3) is 0 Å². The third-order valence-corrected chi connectivity index (χ3v) is 1.44. The minimum absolute atomic E-state index is 0.343. The third kappa shape index (κ3) is 2.58. The highest BCUT2D eigenvalue weighted by molar-refractivity contribution is 5.03. The topological polar surface area (TPSA) is 43.8 Å². The Morgan fingerprint density at radius 1 is 1.58 bits per heavy atom. The van der Waals surface area contributed by atoms with E-state index in [0.29, 0.717) is 13.0 Å². The second-order valence-electron chi connectivity index (χ2n) is 2.50. The molecule has 1 aromatic rings. The monoisotopic (exact) mass is 175 g/mol. The Bertz CT molecular complexity index is 234. The summed E-state index contributed by atoms with van der Waals surface area (Å²) in [5.41, 5.74) is 6.19. The van der Waals surface area contributed by atoms with Crippen molar-refractivity contribution in [2.24, 2.45) is 5.73 Å². The molecular formula is C7H11F2N3. The van der Waals surface area contributed by atoms with Gasteiger partial charge in [-0.3, -0.25) is 4.68 Å². The zero-order valence-electron chi connectivity index (χ0n) is 6.58. The Kier molecular flexibility index (Phi) is 3.16. The lowest BCUT2D eigenvalue weighted by atomic mass is 10.3. The van der Waals surface area contributed by atoms with E-state index in [1.807, 2.05) is 0 Å².